The Balaban J connectivity index is 0.000000184. The van der Waals surface area contributed by atoms with Crippen LogP contribution in [0.3, 0.4) is 0 Å². The minimum absolute atomic E-state index is 0. The number of carbonyl (C=O) groups excluding carboxylic acids is 2. The molecule has 0 unspecified atom stereocenters. The first-order valence-electron chi connectivity index (χ1n) is 13.1. The molecular formula is C29H32BClN2O10. The summed E-state index contributed by atoms with van der Waals surface area (Å²) in [7, 11) is -1.38. The van der Waals surface area contributed by atoms with E-state index in [1.165, 1.54) is 6.26 Å². The lowest BCUT2D eigenvalue weighted by Crippen LogP contribution is -2.29. The van der Waals surface area contributed by atoms with Crippen molar-refractivity contribution < 1.29 is 47.4 Å². The second-order valence-electron chi connectivity index (χ2n) is 8.72. The molecule has 0 fully saturated rings. The standard InChI is InChI=1S/C14H13NO4.C8H9BO3.C6H6ClNO3.CH4/c1-2-17-14(16)11-8-19-13(15-11)10-3-4-12-9(7-10)5-6-18-12;10-9(11)7-1-2-8-6(5-7)3-4-12-8;1-2-10-5(9)4-3-11-6(7)8-4;/h3-4,7-8H,2,5-6H2,1H3;1-2,5,10-11H,3-4H2;3H,2H2,1H3;1H4. The van der Waals surface area contributed by atoms with Crippen LogP contribution in [0.15, 0.2) is 57.8 Å². The van der Waals surface area contributed by atoms with Gasteiger partial charge in [-0.15, -0.1) is 0 Å². The average Bonchev–Trinajstić information content (AvgIpc) is 3.80. The number of hydrogen-bond donors (Lipinski definition) is 2. The van der Waals surface area contributed by atoms with Crippen molar-refractivity contribution in [2.45, 2.75) is 34.1 Å². The Bertz CT molecular complexity index is 1520. The van der Waals surface area contributed by atoms with Crippen molar-refractivity contribution in [3.63, 3.8) is 0 Å². The van der Waals surface area contributed by atoms with Gasteiger partial charge in [0.15, 0.2) is 11.4 Å². The van der Waals surface area contributed by atoms with Gasteiger partial charge in [-0.3, -0.25) is 0 Å². The molecule has 0 radical (unpaired) electrons. The summed E-state index contributed by atoms with van der Waals surface area (Å²) < 4.78 is 30.1. The van der Waals surface area contributed by atoms with E-state index < -0.39 is 19.1 Å². The van der Waals surface area contributed by atoms with Gasteiger partial charge in [0.1, 0.15) is 24.0 Å². The largest absolute Gasteiger partial charge is 0.493 e. The predicted molar refractivity (Wildman–Crippen MR) is 157 cm³/mol. The zero-order valence-electron chi connectivity index (χ0n) is 22.9. The van der Waals surface area contributed by atoms with Gasteiger partial charge < -0.3 is 37.8 Å². The van der Waals surface area contributed by atoms with E-state index in [4.69, 9.17) is 40.3 Å². The monoisotopic (exact) mass is 614 g/mol. The molecule has 4 heterocycles. The predicted octanol–water partition coefficient (Wildman–Crippen LogP) is 3.90. The van der Waals surface area contributed by atoms with Gasteiger partial charge in [-0.05, 0) is 66.3 Å². The molecule has 2 aliphatic rings. The number of rotatable bonds is 6. The highest BCUT2D eigenvalue weighted by molar-refractivity contribution is 6.58. The molecule has 2 aliphatic heterocycles. The third-order valence-corrected chi connectivity index (χ3v) is 6.07. The van der Waals surface area contributed by atoms with Gasteiger partial charge in [0.2, 0.25) is 5.89 Å². The molecule has 12 nitrogen and oxygen atoms in total. The lowest BCUT2D eigenvalue weighted by Gasteiger charge is -2.01. The first-order chi connectivity index (χ1) is 20.3. The van der Waals surface area contributed by atoms with Crippen molar-refractivity contribution >= 4 is 36.1 Å². The molecule has 2 N–H and O–H groups in total. The highest BCUT2D eigenvalue weighted by Crippen LogP contribution is 2.30. The topological polar surface area (TPSA) is 164 Å². The normalized spacial score (nSPS) is 12.0. The summed E-state index contributed by atoms with van der Waals surface area (Å²) in [4.78, 5) is 30.1. The maximum Gasteiger partial charge on any atom is 0.488 e. The average molecular weight is 615 g/mol. The molecule has 43 heavy (non-hydrogen) atoms. The Hall–Kier alpha value is -4.33. The number of carbonyl (C=O) groups is 2. The van der Waals surface area contributed by atoms with E-state index in [1.54, 1.807) is 32.0 Å². The van der Waals surface area contributed by atoms with E-state index in [-0.39, 0.29) is 24.2 Å². The van der Waals surface area contributed by atoms with Crippen LogP contribution >= 0.6 is 11.6 Å². The van der Waals surface area contributed by atoms with Crippen LogP contribution in [0, 0.1) is 0 Å². The number of hydrogen-bond acceptors (Lipinski definition) is 12. The molecule has 4 aromatic rings. The molecule has 0 bridgehead atoms. The molecule has 0 spiro atoms. The summed E-state index contributed by atoms with van der Waals surface area (Å²) >= 11 is 5.32. The molecule has 14 heteroatoms. The van der Waals surface area contributed by atoms with Gasteiger partial charge in [0.05, 0.1) is 26.4 Å². The Morgan fingerprint density at radius 1 is 0.860 bits per heavy atom. The Morgan fingerprint density at radius 2 is 1.42 bits per heavy atom. The summed E-state index contributed by atoms with van der Waals surface area (Å²) in [5, 5.41) is 17.7. The zero-order valence-corrected chi connectivity index (χ0v) is 23.6. The summed E-state index contributed by atoms with van der Waals surface area (Å²) in [5.74, 6) is 1.18. The SMILES string of the molecule is C.CCOC(=O)c1coc(-c2ccc3c(c2)CCO3)n1.CCOC(=O)c1coc(Cl)n1.OB(O)c1ccc2c(c1)CCO2. The van der Waals surface area contributed by atoms with Crippen LogP contribution in [0.4, 0.5) is 0 Å². The van der Waals surface area contributed by atoms with Crippen molar-refractivity contribution in [3.05, 3.63) is 76.8 Å². The third-order valence-electron chi connectivity index (χ3n) is 5.90. The highest BCUT2D eigenvalue weighted by atomic mass is 35.5. The molecule has 6 rings (SSSR count). The highest BCUT2D eigenvalue weighted by Gasteiger charge is 2.18. The Morgan fingerprint density at radius 3 is 1.98 bits per heavy atom. The van der Waals surface area contributed by atoms with Crippen LogP contribution in [0.25, 0.3) is 11.5 Å². The second kappa shape index (κ2) is 15.8. The quantitative estimate of drug-likeness (QED) is 0.238. The van der Waals surface area contributed by atoms with Gasteiger partial charge in [0, 0.05) is 18.4 Å². The van der Waals surface area contributed by atoms with E-state index in [1.807, 2.05) is 18.2 Å². The van der Waals surface area contributed by atoms with Gasteiger partial charge in [-0.1, -0.05) is 19.6 Å². The number of oxazole rings is 2. The fourth-order valence-corrected chi connectivity index (χ4v) is 4.08. The van der Waals surface area contributed by atoms with Crippen LogP contribution < -0.4 is 14.9 Å². The molecule has 0 amide bonds. The second-order valence-corrected chi connectivity index (χ2v) is 9.05. The molecule has 2 aromatic heterocycles. The van der Waals surface area contributed by atoms with Gasteiger partial charge in [-0.2, -0.15) is 4.98 Å². The Labute approximate surface area is 253 Å². The Kier molecular flexibility index (Phi) is 12.2. The molecule has 0 saturated heterocycles. The minimum atomic E-state index is -1.38. The van der Waals surface area contributed by atoms with Gasteiger partial charge in [-0.25, -0.2) is 14.6 Å². The van der Waals surface area contributed by atoms with E-state index in [0.717, 1.165) is 47.3 Å². The maximum absolute atomic E-state index is 11.5. The number of aromatic nitrogens is 2. The van der Waals surface area contributed by atoms with Crippen LogP contribution in [0.2, 0.25) is 5.35 Å². The van der Waals surface area contributed by atoms with Crippen LogP contribution in [0.5, 0.6) is 11.5 Å². The minimum Gasteiger partial charge on any atom is -0.493 e. The summed E-state index contributed by atoms with van der Waals surface area (Å²) in [6, 6.07) is 10.9. The number of ether oxygens (including phenoxy) is 4. The van der Waals surface area contributed by atoms with Crippen molar-refractivity contribution in [1.29, 1.82) is 0 Å². The number of esters is 2. The lowest BCUT2D eigenvalue weighted by molar-refractivity contribution is 0.0510. The zero-order chi connectivity index (χ0) is 30.1. The first kappa shape index (κ1) is 33.2. The van der Waals surface area contributed by atoms with Crippen LogP contribution in [-0.4, -0.2) is 65.5 Å². The number of benzene rings is 2. The molecule has 0 atom stereocenters. The van der Waals surface area contributed by atoms with Crippen LogP contribution in [0.1, 0.15) is 53.4 Å². The van der Waals surface area contributed by atoms with E-state index >= 15 is 0 Å². The van der Waals surface area contributed by atoms with Crippen molar-refractivity contribution in [2.75, 3.05) is 26.4 Å². The fraction of sp³-hybridized carbons (Fsp3) is 0.310. The summed E-state index contributed by atoms with van der Waals surface area (Å²) in [6.45, 7) is 5.48. The smallest absolute Gasteiger partial charge is 0.488 e. The fourth-order valence-electron chi connectivity index (χ4n) is 3.94. The van der Waals surface area contributed by atoms with Gasteiger partial charge >= 0.3 is 19.1 Å². The molecule has 2 aromatic carbocycles. The lowest BCUT2D eigenvalue weighted by atomic mass is 9.79. The van der Waals surface area contributed by atoms with Gasteiger partial charge in [0.25, 0.3) is 5.35 Å². The van der Waals surface area contributed by atoms with E-state index in [9.17, 15) is 9.59 Å². The number of halogens is 1. The van der Waals surface area contributed by atoms with E-state index in [2.05, 4.69) is 19.1 Å². The third kappa shape index (κ3) is 8.83. The molecule has 228 valence electrons. The van der Waals surface area contributed by atoms with Crippen molar-refractivity contribution in [2.24, 2.45) is 0 Å². The molecule has 0 aliphatic carbocycles. The molecule has 0 saturated carbocycles. The van der Waals surface area contributed by atoms with Crippen molar-refractivity contribution in [1.82, 2.24) is 9.97 Å². The molecular weight excluding hydrogens is 583 g/mol. The van der Waals surface area contributed by atoms with Crippen molar-refractivity contribution in [3.8, 4) is 23.0 Å². The summed E-state index contributed by atoms with van der Waals surface area (Å²) in [6.07, 6.45) is 4.21. The number of nitrogens with zero attached hydrogens (tertiary/aromatic N) is 2. The number of fused-ring (bicyclic) bond motifs is 2. The summed E-state index contributed by atoms with van der Waals surface area (Å²) in [5.41, 5.74) is 3.83. The first-order valence-corrected chi connectivity index (χ1v) is 13.5. The van der Waals surface area contributed by atoms with Crippen LogP contribution in [-0.2, 0) is 22.3 Å². The maximum atomic E-state index is 11.5. The van der Waals surface area contributed by atoms with E-state index in [0.29, 0.717) is 37.8 Å².